The molecule has 5 aliphatic rings. The first-order valence-electron chi connectivity index (χ1n) is 20.1. The van der Waals surface area contributed by atoms with E-state index in [4.69, 9.17) is 8.23 Å². The van der Waals surface area contributed by atoms with Gasteiger partial charge in [-0.25, -0.2) is 0 Å². The molecule has 4 saturated carbocycles. The average Bonchev–Trinajstić information content (AvgIpc) is 2.92. The van der Waals surface area contributed by atoms with Gasteiger partial charge in [-0.05, 0) is 122 Å². The molecule has 5 rings (SSSR count). The van der Waals surface area contributed by atoms with Gasteiger partial charge in [0, 0.05) is 22.2 Å². The van der Waals surface area contributed by atoms with Gasteiger partial charge in [-0.3, -0.25) is 0 Å². The van der Waals surface area contributed by atoms with Crippen molar-refractivity contribution >= 4 is 17.1 Å². The average molecular weight is 645 g/mol. The van der Waals surface area contributed by atoms with Crippen LogP contribution in [-0.4, -0.2) is 17.1 Å². The number of hydrogen-bond acceptors (Lipinski definition) is 2. The quantitative estimate of drug-likeness (QED) is 0.245. The van der Waals surface area contributed by atoms with Gasteiger partial charge < -0.3 is 8.23 Å². The Bertz CT molecular complexity index is 784. The van der Waals surface area contributed by atoms with E-state index >= 15 is 0 Å². The number of hydrogen-bond donors (Lipinski definition) is 0. The highest BCUT2D eigenvalue weighted by Crippen LogP contribution is 2.69. The SMILES string of the molecule is CC1CCC(C(C)C)C([Si]2(C3CC(C)CCC3C(C)C)O[Si](C3CC(C)CCC3C(C)C)(C3CC(C)CCC3C(C)C)O2)C1. The van der Waals surface area contributed by atoms with E-state index < -0.39 is 17.1 Å². The van der Waals surface area contributed by atoms with Crippen molar-refractivity contribution in [2.45, 2.75) is 182 Å². The summed E-state index contributed by atoms with van der Waals surface area (Å²) in [5.74, 6) is 9.34. The van der Waals surface area contributed by atoms with Crippen LogP contribution >= 0.6 is 0 Å². The van der Waals surface area contributed by atoms with E-state index in [9.17, 15) is 0 Å². The van der Waals surface area contributed by atoms with Crippen LogP contribution in [0.4, 0.5) is 0 Å². The van der Waals surface area contributed by atoms with Crippen LogP contribution in [0.5, 0.6) is 0 Å². The summed E-state index contributed by atoms with van der Waals surface area (Å²) in [6.45, 7) is 30.6. The lowest BCUT2D eigenvalue weighted by molar-refractivity contribution is 0.0586. The molecule has 44 heavy (non-hydrogen) atoms. The zero-order valence-electron chi connectivity index (χ0n) is 31.5. The molecule has 1 aliphatic heterocycles. The minimum Gasteiger partial charge on any atom is -0.415 e. The molecule has 12 unspecified atom stereocenters. The molecule has 0 aromatic carbocycles. The van der Waals surface area contributed by atoms with E-state index in [1.807, 2.05) is 0 Å². The molecule has 256 valence electrons. The smallest absolute Gasteiger partial charge is 0.327 e. The molecule has 4 aliphatic carbocycles. The molecule has 1 saturated heterocycles. The molecule has 0 radical (unpaired) electrons. The molecule has 2 nitrogen and oxygen atoms in total. The molecule has 0 aromatic rings. The molecule has 4 heteroatoms. The molecular weight excluding hydrogens is 569 g/mol. The zero-order valence-corrected chi connectivity index (χ0v) is 33.5. The summed E-state index contributed by atoms with van der Waals surface area (Å²) in [4.78, 5) is 0. The third-order valence-electron chi connectivity index (χ3n) is 14.8. The van der Waals surface area contributed by atoms with Crippen LogP contribution in [0, 0.1) is 71.0 Å². The van der Waals surface area contributed by atoms with Crippen molar-refractivity contribution in [3.05, 3.63) is 0 Å². The van der Waals surface area contributed by atoms with E-state index in [0.29, 0.717) is 22.2 Å². The van der Waals surface area contributed by atoms with Gasteiger partial charge in [0.15, 0.2) is 0 Å². The van der Waals surface area contributed by atoms with Gasteiger partial charge in [-0.1, -0.05) is 109 Å². The summed E-state index contributed by atoms with van der Waals surface area (Å²) in [7, 11) is -4.98. The van der Waals surface area contributed by atoms with Gasteiger partial charge in [0.1, 0.15) is 0 Å². The Balaban J connectivity index is 1.67. The van der Waals surface area contributed by atoms with Crippen molar-refractivity contribution in [2.75, 3.05) is 0 Å². The maximum Gasteiger partial charge on any atom is 0.327 e. The molecule has 0 aromatic heterocycles. The molecule has 1 heterocycles. The summed E-state index contributed by atoms with van der Waals surface area (Å²) in [5.41, 5.74) is 2.78. The van der Waals surface area contributed by atoms with E-state index in [1.54, 1.807) is 0 Å². The lowest BCUT2D eigenvalue weighted by Crippen LogP contribution is -2.80. The molecule has 12 atom stereocenters. The Kier molecular flexibility index (Phi) is 11.4. The van der Waals surface area contributed by atoms with Crippen LogP contribution in [0.2, 0.25) is 22.2 Å². The summed E-state index contributed by atoms with van der Waals surface area (Å²) in [6, 6.07) is 0. The maximum atomic E-state index is 8.64. The number of rotatable bonds is 8. The Morgan fingerprint density at radius 1 is 0.364 bits per heavy atom. The Morgan fingerprint density at radius 2 is 0.568 bits per heavy atom. The lowest BCUT2D eigenvalue weighted by atomic mass is 9.76. The standard InChI is InChI=1S/C40H76O2Si2/c1-25(2)33-17-13-29(9)21-37(33)43(38-22-30(10)14-18-34(38)26(3)4)41-44(42-43,39-23-31(11)15-19-35(39)27(5)6)40-24-32(12)16-20-36(40)28(7)8/h25-40H,13-24H2,1-12H3. The van der Waals surface area contributed by atoms with Gasteiger partial charge >= 0.3 is 17.1 Å². The predicted octanol–water partition coefficient (Wildman–Crippen LogP) is 12.8. The summed E-state index contributed by atoms with van der Waals surface area (Å²) >= 11 is 0. The highest BCUT2D eigenvalue weighted by molar-refractivity contribution is 6.97. The van der Waals surface area contributed by atoms with Crippen LogP contribution in [0.25, 0.3) is 0 Å². The largest absolute Gasteiger partial charge is 0.415 e. The zero-order chi connectivity index (χ0) is 32.1. The maximum absolute atomic E-state index is 8.64. The van der Waals surface area contributed by atoms with Crippen molar-refractivity contribution in [1.82, 2.24) is 0 Å². The molecule has 0 N–H and O–H groups in total. The first kappa shape index (κ1) is 35.7. The Morgan fingerprint density at radius 3 is 0.750 bits per heavy atom. The van der Waals surface area contributed by atoms with Gasteiger partial charge in [-0.2, -0.15) is 0 Å². The monoisotopic (exact) mass is 645 g/mol. The third-order valence-corrected chi connectivity index (χ3v) is 26.7. The molecule has 0 bridgehead atoms. The fraction of sp³-hybridized carbons (Fsp3) is 1.00. The van der Waals surface area contributed by atoms with Crippen molar-refractivity contribution in [3.8, 4) is 0 Å². The molecular formula is C40H76O2Si2. The van der Waals surface area contributed by atoms with Crippen molar-refractivity contribution in [2.24, 2.45) is 71.0 Å². The van der Waals surface area contributed by atoms with Crippen molar-refractivity contribution < 1.29 is 8.23 Å². The summed E-state index contributed by atoms with van der Waals surface area (Å²) in [6.07, 6.45) is 16.7. The highest BCUT2D eigenvalue weighted by atomic mass is 28.5. The minimum atomic E-state index is -2.49. The van der Waals surface area contributed by atoms with Crippen LogP contribution in [0.15, 0.2) is 0 Å². The van der Waals surface area contributed by atoms with Crippen molar-refractivity contribution in [1.29, 1.82) is 0 Å². The van der Waals surface area contributed by atoms with Gasteiger partial charge in [-0.15, -0.1) is 0 Å². The molecule has 5 fully saturated rings. The summed E-state index contributed by atoms with van der Waals surface area (Å²) < 4.78 is 17.3. The second-order valence-electron chi connectivity index (χ2n) is 19.4. The second-order valence-corrected chi connectivity index (χ2v) is 26.9. The van der Waals surface area contributed by atoms with E-state index in [0.717, 1.165) is 71.0 Å². The summed E-state index contributed by atoms with van der Waals surface area (Å²) in [5, 5.41) is 0. The first-order chi connectivity index (χ1) is 20.7. The fourth-order valence-electron chi connectivity index (χ4n) is 12.3. The van der Waals surface area contributed by atoms with Crippen LogP contribution in [0.1, 0.15) is 160 Å². The lowest BCUT2D eigenvalue weighted by Gasteiger charge is -2.69. The van der Waals surface area contributed by atoms with Crippen molar-refractivity contribution in [3.63, 3.8) is 0 Å². The topological polar surface area (TPSA) is 18.5 Å². The fourth-order valence-corrected chi connectivity index (χ4v) is 29.8. The predicted molar refractivity (Wildman–Crippen MR) is 194 cm³/mol. The van der Waals surface area contributed by atoms with Crippen LogP contribution < -0.4 is 0 Å². The van der Waals surface area contributed by atoms with E-state index in [2.05, 4.69) is 83.1 Å². The Hall–Kier alpha value is 0.354. The molecule has 0 amide bonds. The van der Waals surface area contributed by atoms with E-state index in [1.165, 1.54) is 77.0 Å². The highest BCUT2D eigenvalue weighted by Gasteiger charge is 2.76. The van der Waals surface area contributed by atoms with Crippen LogP contribution in [0.3, 0.4) is 0 Å². The van der Waals surface area contributed by atoms with Gasteiger partial charge in [0.05, 0.1) is 0 Å². The van der Waals surface area contributed by atoms with Gasteiger partial charge in [0.25, 0.3) is 0 Å². The van der Waals surface area contributed by atoms with Gasteiger partial charge in [0.2, 0.25) is 0 Å². The van der Waals surface area contributed by atoms with E-state index in [-0.39, 0.29) is 0 Å². The normalized spacial score (nSPS) is 49.1. The van der Waals surface area contributed by atoms with Crippen LogP contribution in [-0.2, 0) is 8.23 Å². The first-order valence-corrected chi connectivity index (χ1v) is 24.0. The minimum absolute atomic E-state index is 0.695. The second kappa shape index (κ2) is 14.1. The molecule has 0 spiro atoms. The third kappa shape index (κ3) is 6.65. The Labute approximate surface area is 277 Å².